The van der Waals surface area contributed by atoms with Crippen LogP contribution in [0.2, 0.25) is 0 Å². The van der Waals surface area contributed by atoms with E-state index in [1.165, 1.54) is 5.57 Å². The number of nitrogens with zero attached hydrogens (tertiary/aromatic N) is 1. The molecule has 68 valence electrons. The molecule has 0 bridgehead atoms. The van der Waals surface area contributed by atoms with E-state index in [-0.39, 0.29) is 0 Å². The van der Waals surface area contributed by atoms with Crippen molar-refractivity contribution < 1.29 is 0 Å². The van der Waals surface area contributed by atoms with Crippen molar-refractivity contribution in [3.05, 3.63) is 11.3 Å². The Morgan fingerprint density at radius 3 is 1.92 bits per heavy atom. The van der Waals surface area contributed by atoms with Crippen LogP contribution in [0.5, 0.6) is 0 Å². The highest BCUT2D eigenvalue weighted by molar-refractivity contribution is 6.40. The fourth-order valence-corrected chi connectivity index (χ4v) is 0.742. The van der Waals surface area contributed by atoms with Crippen LogP contribution in [0.1, 0.15) is 41.0 Å². The van der Waals surface area contributed by atoms with E-state index < -0.39 is 0 Å². The van der Waals surface area contributed by atoms with Crippen molar-refractivity contribution in [2.75, 3.05) is 0 Å². The van der Waals surface area contributed by atoms with Crippen molar-refractivity contribution in [1.29, 1.82) is 5.41 Å². The molecule has 0 unspecified atom stereocenters. The van der Waals surface area contributed by atoms with Gasteiger partial charge in [-0.1, -0.05) is 12.5 Å². The molecule has 1 N–H and O–H groups in total. The first-order valence-electron chi connectivity index (χ1n) is 4.26. The normalized spacial score (nSPS) is 11.2. The molecule has 0 aromatic heterocycles. The first kappa shape index (κ1) is 11.1. The molecule has 0 aromatic rings. The molecule has 0 amide bonds. The van der Waals surface area contributed by atoms with Crippen molar-refractivity contribution in [3.8, 4) is 0 Å². The van der Waals surface area contributed by atoms with Crippen LogP contribution in [-0.2, 0) is 0 Å². The summed E-state index contributed by atoms with van der Waals surface area (Å²) < 4.78 is 0. The summed E-state index contributed by atoms with van der Waals surface area (Å²) in [5.74, 6) is 0. The fraction of sp³-hybridized carbons (Fsp3) is 0.600. The average molecular weight is 166 g/mol. The molecule has 0 aliphatic heterocycles. The molecule has 0 rings (SSSR count). The topological polar surface area (TPSA) is 36.2 Å². The maximum atomic E-state index is 7.43. The highest BCUT2D eigenvalue weighted by atomic mass is 14.8. The third-order valence-corrected chi connectivity index (χ3v) is 1.79. The van der Waals surface area contributed by atoms with E-state index in [1.54, 1.807) is 6.92 Å². The quantitative estimate of drug-likeness (QED) is 0.625. The van der Waals surface area contributed by atoms with Crippen molar-refractivity contribution in [2.24, 2.45) is 4.99 Å². The summed E-state index contributed by atoms with van der Waals surface area (Å²) in [4.78, 5) is 4.37. The molecular formula is C10H18N2. The third kappa shape index (κ3) is 3.46. The Bertz CT molecular complexity index is 230. The third-order valence-electron chi connectivity index (χ3n) is 1.79. The summed E-state index contributed by atoms with van der Waals surface area (Å²) in [5, 5.41) is 7.43. The fourth-order valence-electron chi connectivity index (χ4n) is 0.742. The van der Waals surface area contributed by atoms with Crippen molar-refractivity contribution in [1.82, 2.24) is 0 Å². The van der Waals surface area contributed by atoms with E-state index in [0.717, 1.165) is 17.8 Å². The van der Waals surface area contributed by atoms with Gasteiger partial charge in [-0.25, -0.2) is 0 Å². The van der Waals surface area contributed by atoms with Gasteiger partial charge in [0.15, 0.2) is 0 Å². The van der Waals surface area contributed by atoms with Crippen LogP contribution < -0.4 is 0 Å². The minimum absolute atomic E-state index is 0.568. The van der Waals surface area contributed by atoms with Gasteiger partial charge in [0, 0.05) is 11.4 Å². The van der Waals surface area contributed by atoms with E-state index in [9.17, 15) is 0 Å². The molecule has 0 aliphatic carbocycles. The number of hydrogen-bond donors (Lipinski definition) is 1. The van der Waals surface area contributed by atoms with Crippen LogP contribution in [0, 0.1) is 5.41 Å². The molecular weight excluding hydrogens is 148 g/mol. The molecule has 2 heteroatoms. The van der Waals surface area contributed by atoms with Crippen LogP contribution in [0.4, 0.5) is 0 Å². The predicted molar refractivity (Wildman–Crippen MR) is 55.2 cm³/mol. The summed E-state index contributed by atoms with van der Waals surface area (Å²) in [5.41, 5.74) is 3.69. The Morgan fingerprint density at radius 1 is 1.17 bits per heavy atom. The van der Waals surface area contributed by atoms with Crippen molar-refractivity contribution in [3.63, 3.8) is 0 Å². The summed E-state index contributed by atoms with van der Waals surface area (Å²) in [6, 6.07) is 0. The number of nitrogens with one attached hydrogen (secondary N) is 1. The Balaban J connectivity index is 4.73. The first-order valence-corrected chi connectivity index (χ1v) is 4.26. The number of aliphatic imine (C=N–C) groups is 1. The van der Waals surface area contributed by atoms with Gasteiger partial charge in [-0.05, 0) is 34.1 Å². The second-order valence-electron chi connectivity index (χ2n) is 3.12. The van der Waals surface area contributed by atoms with Crippen LogP contribution >= 0.6 is 0 Å². The summed E-state index contributed by atoms with van der Waals surface area (Å²) in [6.07, 6.45) is 0.833. The van der Waals surface area contributed by atoms with Crippen molar-refractivity contribution >= 4 is 11.4 Å². The highest BCUT2D eigenvalue weighted by Gasteiger charge is 1.98. The molecule has 0 radical (unpaired) electrons. The van der Waals surface area contributed by atoms with Crippen LogP contribution in [0.3, 0.4) is 0 Å². The zero-order chi connectivity index (χ0) is 9.72. The number of hydrogen-bond acceptors (Lipinski definition) is 2. The Hall–Kier alpha value is -0.920. The van der Waals surface area contributed by atoms with E-state index in [2.05, 4.69) is 4.99 Å². The van der Waals surface area contributed by atoms with Crippen molar-refractivity contribution in [2.45, 2.75) is 41.0 Å². The van der Waals surface area contributed by atoms with E-state index >= 15 is 0 Å². The molecule has 0 fully saturated rings. The molecule has 0 saturated heterocycles. The smallest absolute Gasteiger partial charge is 0.0608 e. The van der Waals surface area contributed by atoms with E-state index in [4.69, 9.17) is 5.41 Å². The SMILES string of the molecule is CC/C(=N/C(C)=C(C)C)C(C)=N. The Labute approximate surface area is 74.9 Å². The first-order chi connectivity index (χ1) is 5.49. The van der Waals surface area contributed by atoms with Gasteiger partial charge in [-0.3, -0.25) is 4.99 Å². The average Bonchev–Trinajstić information content (AvgIpc) is 1.98. The molecule has 12 heavy (non-hydrogen) atoms. The Kier molecular flexibility index (Phi) is 4.49. The second-order valence-corrected chi connectivity index (χ2v) is 3.12. The summed E-state index contributed by atoms with van der Waals surface area (Å²) in [6.45, 7) is 9.85. The highest BCUT2D eigenvalue weighted by Crippen LogP contribution is 2.05. The minimum Gasteiger partial charge on any atom is -0.304 e. The van der Waals surface area contributed by atoms with Gasteiger partial charge in [0.1, 0.15) is 0 Å². The van der Waals surface area contributed by atoms with E-state index in [1.807, 2.05) is 27.7 Å². The lowest BCUT2D eigenvalue weighted by Crippen LogP contribution is -2.07. The zero-order valence-electron chi connectivity index (χ0n) is 8.65. The zero-order valence-corrected chi connectivity index (χ0v) is 8.65. The number of rotatable bonds is 3. The van der Waals surface area contributed by atoms with E-state index in [0.29, 0.717) is 5.71 Å². The number of allylic oxidation sites excluding steroid dienone is 2. The molecule has 0 atom stereocenters. The minimum atomic E-state index is 0.568. The molecule has 0 heterocycles. The molecule has 0 saturated carbocycles. The largest absolute Gasteiger partial charge is 0.304 e. The van der Waals surface area contributed by atoms with Gasteiger partial charge in [0.2, 0.25) is 0 Å². The molecule has 0 spiro atoms. The van der Waals surface area contributed by atoms with Crippen LogP contribution in [0.25, 0.3) is 0 Å². The molecule has 0 aliphatic rings. The molecule has 2 nitrogen and oxygen atoms in total. The van der Waals surface area contributed by atoms with Crippen LogP contribution in [-0.4, -0.2) is 11.4 Å². The maximum absolute atomic E-state index is 7.43. The molecule has 0 aromatic carbocycles. The summed E-state index contributed by atoms with van der Waals surface area (Å²) >= 11 is 0. The van der Waals surface area contributed by atoms with Gasteiger partial charge in [0.05, 0.1) is 5.71 Å². The van der Waals surface area contributed by atoms with Gasteiger partial charge in [0.25, 0.3) is 0 Å². The van der Waals surface area contributed by atoms with Gasteiger partial charge in [-0.2, -0.15) is 0 Å². The maximum Gasteiger partial charge on any atom is 0.0608 e. The van der Waals surface area contributed by atoms with Gasteiger partial charge < -0.3 is 5.41 Å². The van der Waals surface area contributed by atoms with Gasteiger partial charge >= 0.3 is 0 Å². The van der Waals surface area contributed by atoms with Gasteiger partial charge in [-0.15, -0.1) is 0 Å². The lowest BCUT2D eigenvalue weighted by atomic mass is 10.2. The second kappa shape index (κ2) is 4.86. The lowest BCUT2D eigenvalue weighted by molar-refractivity contribution is 1.16. The predicted octanol–water partition coefficient (Wildman–Crippen LogP) is 3.19. The summed E-state index contributed by atoms with van der Waals surface area (Å²) in [7, 11) is 0. The lowest BCUT2D eigenvalue weighted by Gasteiger charge is -2.02. The Morgan fingerprint density at radius 2 is 1.67 bits per heavy atom. The standard InChI is InChI=1S/C10H18N2/c1-6-10(8(4)11)12-9(5)7(2)3/h11H,6H2,1-5H3/b11-8?,12-10-. The van der Waals surface area contributed by atoms with Crippen LogP contribution in [0.15, 0.2) is 16.3 Å². The monoisotopic (exact) mass is 166 g/mol.